The van der Waals surface area contributed by atoms with E-state index < -0.39 is 11.7 Å². The van der Waals surface area contributed by atoms with E-state index in [0.29, 0.717) is 6.29 Å². The molecular weight excluding hydrogens is 244 g/mol. The minimum absolute atomic E-state index is 0.174. The van der Waals surface area contributed by atoms with Crippen molar-refractivity contribution in [2.45, 2.75) is 26.4 Å². The van der Waals surface area contributed by atoms with Gasteiger partial charge in [0.1, 0.15) is 5.60 Å². The molecule has 0 atom stereocenters. The Morgan fingerprint density at radius 1 is 1.47 bits per heavy atom. The predicted octanol–water partition coefficient (Wildman–Crippen LogP) is 2.89. The maximum absolute atomic E-state index is 11.5. The van der Waals surface area contributed by atoms with Gasteiger partial charge in [-0.15, -0.1) is 0 Å². The SMILES string of the molecule is CC(C)(C)OC(=O)Nc1cncc(Cl)c1C=O. The third-order valence-corrected chi connectivity index (χ3v) is 1.99. The summed E-state index contributed by atoms with van der Waals surface area (Å²) in [6.45, 7) is 5.22. The lowest BCUT2D eigenvalue weighted by atomic mass is 10.2. The Morgan fingerprint density at radius 3 is 2.65 bits per heavy atom. The van der Waals surface area contributed by atoms with Crippen LogP contribution in [0.4, 0.5) is 10.5 Å². The number of aldehydes is 1. The summed E-state index contributed by atoms with van der Waals surface area (Å²) in [4.78, 5) is 26.1. The number of ether oxygens (including phenoxy) is 1. The predicted molar refractivity (Wildman–Crippen MR) is 64.5 cm³/mol. The molecule has 5 nitrogen and oxygen atoms in total. The number of amides is 1. The average molecular weight is 257 g/mol. The maximum Gasteiger partial charge on any atom is 0.412 e. The van der Waals surface area contributed by atoms with E-state index in [1.54, 1.807) is 20.8 Å². The highest BCUT2D eigenvalue weighted by molar-refractivity contribution is 6.33. The Hall–Kier alpha value is -1.62. The highest BCUT2D eigenvalue weighted by Gasteiger charge is 2.17. The lowest BCUT2D eigenvalue weighted by Crippen LogP contribution is -2.27. The molecule has 0 radical (unpaired) electrons. The summed E-state index contributed by atoms with van der Waals surface area (Å²) in [5.41, 5.74) is -0.216. The summed E-state index contributed by atoms with van der Waals surface area (Å²) in [5, 5.41) is 2.59. The van der Waals surface area contributed by atoms with Gasteiger partial charge in [0, 0.05) is 6.20 Å². The summed E-state index contributed by atoms with van der Waals surface area (Å²) in [5.74, 6) is 0. The Bertz CT molecular complexity index is 441. The van der Waals surface area contributed by atoms with Gasteiger partial charge in [-0.1, -0.05) is 11.6 Å². The zero-order valence-electron chi connectivity index (χ0n) is 9.78. The second-order valence-corrected chi connectivity index (χ2v) is 4.73. The zero-order valence-corrected chi connectivity index (χ0v) is 10.5. The van der Waals surface area contributed by atoms with Crippen molar-refractivity contribution >= 4 is 29.7 Å². The van der Waals surface area contributed by atoms with Crippen molar-refractivity contribution in [2.75, 3.05) is 5.32 Å². The molecule has 1 N–H and O–H groups in total. The van der Waals surface area contributed by atoms with E-state index in [1.165, 1.54) is 12.4 Å². The first-order chi connectivity index (χ1) is 7.83. The summed E-state index contributed by atoms with van der Waals surface area (Å²) in [6, 6.07) is 0. The molecule has 0 bridgehead atoms. The lowest BCUT2D eigenvalue weighted by molar-refractivity contribution is 0.0636. The Balaban J connectivity index is 2.85. The number of carbonyl (C=O) groups excluding carboxylic acids is 2. The van der Waals surface area contributed by atoms with Crippen LogP contribution in [0.25, 0.3) is 0 Å². The molecule has 0 fully saturated rings. The van der Waals surface area contributed by atoms with Gasteiger partial charge >= 0.3 is 6.09 Å². The molecule has 0 saturated heterocycles. The number of rotatable bonds is 2. The molecule has 0 aliphatic heterocycles. The molecule has 6 heteroatoms. The largest absolute Gasteiger partial charge is 0.444 e. The molecule has 1 amide bonds. The lowest BCUT2D eigenvalue weighted by Gasteiger charge is -2.20. The van der Waals surface area contributed by atoms with Crippen LogP contribution in [-0.4, -0.2) is 23.0 Å². The number of hydrogen-bond donors (Lipinski definition) is 1. The van der Waals surface area contributed by atoms with Crippen LogP contribution in [0.1, 0.15) is 31.1 Å². The normalized spacial score (nSPS) is 10.8. The zero-order chi connectivity index (χ0) is 13.1. The molecule has 0 aromatic carbocycles. The molecular formula is C11H13ClN2O3. The van der Waals surface area contributed by atoms with Crippen LogP contribution in [0.3, 0.4) is 0 Å². The number of nitrogens with zero attached hydrogens (tertiary/aromatic N) is 1. The molecule has 0 aliphatic carbocycles. The number of carbonyl (C=O) groups is 2. The number of aromatic nitrogens is 1. The Labute approximate surface area is 104 Å². The number of anilines is 1. The molecule has 1 aromatic heterocycles. The van der Waals surface area contributed by atoms with Crippen molar-refractivity contribution in [1.82, 2.24) is 4.98 Å². The van der Waals surface area contributed by atoms with Crippen molar-refractivity contribution in [3.8, 4) is 0 Å². The summed E-state index contributed by atoms with van der Waals surface area (Å²) < 4.78 is 5.04. The van der Waals surface area contributed by atoms with Gasteiger partial charge in [-0.3, -0.25) is 15.1 Å². The molecule has 0 unspecified atom stereocenters. The Kier molecular flexibility index (Phi) is 4.07. The van der Waals surface area contributed by atoms with E-state index in [1.807, 2.05) is 0 Å². The van der Waals surface area contributed by atoms with E-state index in [0.717, 1.165) is 0 Å². The fourth-order valence-electron chi connectivity index (χ4n) is 1.08. The van der Waals surface area contributed by atoms with Crippen LogP contribution in [0.5, 0.6) is 0 Å². The van der Waals surface area contributed by atoms with E-state index in [9.17, 15) is 9.59 Å². The van der Waals surface area contributed by atoms with E-state index in [2.05, 4.69) is 10.3 Å². The van der Waals surface area contributed by atoms with Gasteiger partial charge in [-0.2, -0.15) is 0 Å². The summed E-state index contributed by atoms with van der Waals surface area (Å²) in [6.07, 6.45) is 2.55. The summed E-state index contributed by atoms with van der Waals surface area (Å²) in [7, 11) is 0. The average Bonchev–Trinajstić information content (AvgIpc) is 2.14. The minimum Gasteiger partial charge on any atom is -0.444 e. The molecule has 0 saturated carbocycles. The first-order valence-electron chi connectivity index (χ1n) is 4.92. The van der Waals surface area contributed by atoms with Gasteiger partial charge in [0.2, 0.25) is 0 Å². The second-order valence-electron chi connectivity index (χ2n) is 4.33. The van der Waals surface area contributed by atoms with Gasteiger partial charge in [-0.25, -0.2) is 4.79 Å². The Morgan fingerprint density at radius 2 is 2.12 bits per heavy atom. The molecule has 1 heterocycles. The van der Waals surface area contributed by atoms with Crippen molar-refractivity contribution < 1.29 is 14.3 Å². The topological polar surface area (TPSA) is 68.3 Å². The number of hydrogen-bond acceptors (Lipinski definition) is 4. The highest BCUT2D eigenvalue weighted by atomic mass is 35.5. The highest BCUT2D eigenvalue weighted by Crippen LogP contribution is 2.21. The smallest absolute Gasteiger partial charge is 0.412 e. The minimum atomic E-state index is -0.662. The maximum atomic E-state index is 11.5. The molecule has 0 aliphatic rings. The van der Waals surface area contributed by atoms with Crippen LogP contribution in [0.2, 0.25) is 5.02 Å². The van der Waals surface area contributed by atoms with Gasteiger partial charge in [0.05, 0.1) is 22.5 Å². The second kappa shape index (κ2) is 5.14. The van der Waals surface area contributed by atoms with Crippen LogP contribution in [-0.2, 0) is 4.74 Å². The third-order valence-electron chi connectivity index (χ3n) is 1.69. The molecule has 1 rings (SSSR count). The first-order valence-corrected chi connectivity index (χ1v) is 5.30. The van der Waals surface area contributed by atoms with Crippen molar-refractivity contribution in [3.05, 3.63) is 23.0 Å². The number of pyridine rings is 1. The van der Waals surface area contributed by atoms with Crippen LogP contribution < -0.4 is 5.32 Å². The van der Waals surface area contributed by atoms with E-state index in [4.69, 9.17) is 16.3 Å². The van der Waals surface area contributed by atoms with Crippen molar-refractivity contribution in [2.24, 2.45) is 0 Å². The molecule has 17 heavy (non-hydrogen) atoms. The van der Waals surface area contributed by atoms with Gasteiger partial charge in [0.25, 0.3) is 0 Å². The van der Waals surface area contributed by atoms with E-state index in [-0.39, 0.29) is 16.3 Å². The van der Waals surface area contributed by atoms with Crippen molar-refractivity contribution in [1.29, 1.82) is 0 Å². The van der Waals surface area contributed by atoms with Crippen LogP contribution in [0.15, 0.2) is 12.4 Å². The van der Waals surface area contributed by atoms with Gasteiger partial charge in [-0.05, 0) is 20.8 Å². The quantitative estimate of drug-likeness (QED) is 0.826. The fraction of sp³-hybridized carbons (Fsp3) is 0.364. The monoisotopic (exact) mass is 256 g/mol. The van der Waals surface area contributed by atoms with Gasteiger partial charge in [0.15, 0.2) is 6.29 Å². The van der Waals surface area contributed by atoms with Crippen LogP contribution in [0, 0.1) is 0 Å². The molecule has 0 spiro atoms. The number of nitrogens with one attached hydrogen (secondary N) is 1. The first kappa shape index (κ1) is 13.4. The standard InChI is InChI=1S/C11H13ClN2O3/c1-11(2,3)17-10(16)14-9-5-13-4-8(12)7(9)6-15/h4-6H,1-3H3,(H,14,16). The third kappa shape index (κ3) is 4.03. The van der Waals surface area contributed by atoms with E-state index >= 15 is 0 Å². The fourth-order valence-corrected chi connectivity index (χ4v) is 1.28. The molecule has 92 valence electrons. The molecule has 1 aromatic rings. The summed E-state index contributed by atoms with van der Waals surface area (Å²) >= 11 is 5.76. The van der Waals surface area contributed by atoms with Crippen LogP contribution >= 0.6 is 11.6 Å². The van der Waals surface area contributed by atoms with Crippen molar-refractivity contribution in [3.63, 3.8) is 0 Å². The van der Waals surface area contributed by atoms with Gasteiger partial charge < -0.3 is 4.74 Å². The number of halogens is 1.